The Balaban J connectivity index is 3.16. The molecule has 0 fully saturated rings. The monoisotopic (exact) mass is 303 g/mol. The van der Waals surface area contributed by atoms with Crippen LogP contribution in [0.4, 0.5) is 0 Å². The molecule has 2 atom stereocenters. The minimum Gasteiger partial charge on any atom is -0.469 e. The molecule has 5 nitrogen and oxygen atoms in total. The third kappa shape index (κ3) is 4.55. The van der Waals surface area contributed by atoms with Gasteiger partial charge in [-0.15, -0.1) is 6.58 Å². The first-order valence-corrected chi connectivity index (χ1v) is 6.90. The zero-order valence-corrected chi connectivity index (χ0v) is 13.1. The molecule has 0 spiro atoms. The Morgan fingerprint density at radius 2 is 1.77 bits per heavy atom. The van der Waals surface area contributed by atoms with Gasteiger partial charge in [0.15, 0.2) is 6.04 Å². The number of benzene rings is 1. The Hall–Kier alpha value is -2.43. The second-order valence-electron chi connectivity index (χ2n) is 4.71. The van der Waals surface area contributed by atoms with Crippen molar-refractivity contribution in [2.45, 2.75) is 19.4 Å². The molecular weight excluding hydrogens is 282 g/mol. The van der Waals surface area contributed by atoms with Gasteiger partial charge in [0.2, 0.25) is 0 Å². The zero-order chi connectivity index (χ0) is 16.5. The second kappa shape index (κ2) is 8.77. The lowest BCUT2D eigenvalue weighted by atomic mass is 9.99. The van der Waals surface area contributed by atoms with E-state index in [9.17, 15) is 9.59 Å². The first-order valence-electron chi connectivity index (χ1n) is 6.90. The van der Waals surface area contributed by atoms with Crippen LogP contribution in [0.1, 0.15) is 24.9 Å². The summed E-state index contributed by atoms with van der Waals surface area (Å²) in [4.78, 5) is 28.2. The summed E-state index contributed by atoms with van der Waals surface area (Å²) in [5.74, 6) is -1.44. The maximum Gasteiger partial charge on any atom is 0.335 e. The van der Waals surface area contributed by atoms with Gasteiger partial charge in [-0.05, 0) is 18.9 Å². The van der Waals surface area contributed by atoms with Gasteiger partial charge in [0, 0.05) is 5.71 Å². The number of methoxy groups -OCH3 is 2. The van der Waals surface area contributed by atoms with E-state index in [0.717, 1.165) is 0 Å². The number of rotatable bonds is 7. The van der Waals surface area contributed by atoms with Crippen LogP contribution in [0.15, 0.2) is 48.0 Å². The molecule has 0 bridgehead atoms. The standard InChI is InChI=1S/C17H21NO4/c1-5-9-14(16(19)21-3)12(2)18-15(17(20)22-4)13-10-7-6-8-11-13/h5-8,10-11,14-15H,1,9H2,2-4H3. The average molecular weight is 303 g/mol. The van der Waals surface area contributed by atoms with Crippen molar-refractivity contribution < 1.29 is 19.1 Å². The molecule has 0 aliphatic heterocycles. The van der Waals surface area contributed by atoms with Crippen molar-refractivity contribution in [3.63, 3.8) is 0 Å². The molecule has 22 heavy (non-hydrogen) atoms. The van der Waals surface area contributed by atoms with E-state index in [1.807, 2.05) is 18.2 Å². The van der Waals surface area contributed by atoms with E-state index in [-0.39, 0.29) is 0 Å². The highest BCUT2D eigenvalue weighted by atomic mass is 16.5. The van der Waals surface area contributed by atoms with E-state index in [4.69, 9.17) is 9.47 Å². The van der Waals surface area contributed by atoms with Gasteiger partial charge < -0.3 is 9.47 Å². The normalized spacial score (nSPS) is 13.9. The van der Waals surface area contributed by atoms with Gasteiger partial charge in [0.25, 0.3) is 0 Å². The molecule has 1 rings (SSSR count). The number of esters is 2. The minimum atomic E-state index is -0.803. The van der Waals surface area contributed by atoms with E-state index in [1.54, 1.807) is 25.1 Å². The minimum absolute atomic E-state index is 0.394. The molecule has 2 unspecified atom stereocenters. The van der Waals surface area contributed by atoms with Crippen LogP contribution in [-0.4, -0.2) is 31.9 Å². The molecule has 0 amide bonds. The van der Waals surface area contributed by atoms with Crippen molar-refractivity contribution in [3.05, 3.63) is 48.6 Å². The van der Waals surface area contributed by atoms with Gasteiger partial charge in [-0.25, -0.2) is 4.79 Å². The molecule has 1 aromatic rings. The molecule has 1 aromatic carbocycles. The molecule has 0 radical (unpaired) electrons. The molecule has 0 N–H and O–H groups in total. The number of carbonyl (C=O) groups excluding carboxylic acids is 2. The van der Waals surface area contributed by atoms with Gasteiger partial charge >= 0.3 is 11.9 Å². The Labute approximate surface area is 130 Å². The van der Waals surface area contributed by atoms with Crippen molar-refractivity contribution >= 4 is 17.7 Å². The number of ether oxygens (including phenoxy) is 2. The highest BCUT2D eigenvalue weighted by molar-refractivity contribution is 6.02. The fraction of sp³-hybridized carbons (Fsp3) is 0.353. The van der Waals surface area contributed by atoms with Crippen molar-refractivity contribution in [3.8, 4) is 0 Å². The van der Waals surface area contributed by atoms with Gasteiger partial charge in [-0.2, -0.15) is 0 Å². The van der Waals surface area contributed by atoms with Crippen LogP contribution < -0.4 is 0 Å². The van der Waals surface area contributed by atoms with Crippen LogP contribution in [0.25, 0.3) is 0 Å². The predicted molar refractivity (Wildman–Crippen MR) is 84.6 cm³/mol. The molecule has 0 heterocycles. The van der Waals surface area contributed by atoms with Crippen molar-refractivity contribution in [1.29, 1.82) is 0 Å². The van der Waals surface area contributed by atoms with Gasteiger partial charge in [0.1, 0.15) is 0 Å². The first kappa shape index (κ1) is 17.6. The number of carbonyl (C=O) groups is 2. The summed E-state index contributed by atoms with van der Waals surface area (Å²) in [6.45, 7) is 5.33. The summed E-state index contributed by atoms with van der Waals surface area (Å²) in [6.07, 6.45) is 2.01. The third-order valence-corrected chi connectivity index (χ3v) is 3.26. The van der Waals surface area contributed by atoms with E-state index < -0.39 is 23.9 Å². The molecule has 5 heteroatoms. The average Bonchev–Trinajstić information content (AvgIpc) is 2.56. The Kier molecular flexibility index (Phi) is 7.02. The number of nitrogens with zero attached hydrogens (tertiary/aromatic N) is 1. The smallest absolute Gasteiger partial charge is 0.335 e. The third-order valence-electron chi connectivity index (χ3n) is 3.26. The fourth-order valence-corrected chi connectivity index (χ4v) is 2.05. The van der Waals surface area contributed by atoms with Crippen molar-refractivity contribution in [2.75, 3.05) is 14.2 Å². The lowest BCUT2D eigenvalue weighted by molar-refractivity contribution is -0.144. The van der Waals surface area contributed by atoms with Crippen LogP contribution in [0.3, 0.4) is 0 Å². The maximum absolute atomic E-state index is 12.0. The van der Waals surface area contributed by atoms with Crippen LogP contribution in [0.2, 0.25) is 0 Å². The van der Waals surface area contributed by atoms with Crippen LogP contribution in [0.5, 0.6) is 0 Å². The Bertz CT molecular complexity index is 551. The molecule has 0 aliphatic rings. The first-order chi connectivity index (χ1) is 10.5. The van der Waals surface area contributed by atoms with Gasteiger partial charge in [0.05, 0.1) is 20.1 Å². The largest absolute Gasteiger partial charge is 0.469 e. The summed E-state index contributed by atoms with van der Waals surface area (Å²) in [5.41, 5.74) is 1.21. The lowest BCUT2D eigenvalue weighted by Crippen LogP contribution is -2.25. The molecule has 0 saturated carbocycles. The summed E-state index contributed by atoms with van der Waals surface area (Å²) in [6, 6.07) is 8.26. The topological polar surface area (TPSA) is 65.0 Å². The lowest BCUT2D eigenvalue weighted by Gasteiger charge is -2.16. The second-order valence-corrected chi connectivity index (χ2v) is 4.71. The van der Waals surface area contributed by atoms with Crippen LogP contribution in [-0.2, 0) is 19.1 Å². The van der Waals surface area contributed by atoms with Gasteiger partial charge in [-0.3, -0.25) is 9.79 Å². The highest BCUT2D eigenvalue weighted by Crippen LogP contribution is 2.21. The number of hydrogen-bond acceptors (Lipinski definition) is 5. The number of allylic oxidation sites excluding steroid dienone is 1. The quantitative estimate of drug-likeness (QED) is 0.441. The summed E-state index contributed by atoms with van der Waals surface area (Å²) >= 11 is 0. The summed E-state index contributed by atoms with van der Waals surface area (Å²) in [5, 5.41) is 0. The summed E-state index contributed by atoms with van der Waals surface area (Å²) < 4.78 is 9.59. The predicted octanol–water partition coefficient (Wildman–Crippen LogP) is 2.73. The van der Waals surface area contributed by atoms with Crippen molar-refractivity contribution in [1.82, 2.24) is 0 Å². The van der Waals surface area contributed by atoms with Crippen molar-refractivity contribution in [2.24, 2.45) is 10.9 Å². The fourth-order valence-electron chi connectivity index (χ4n) is 2.05. The van der Waals surface area contributed by atoms with E-state index >= 15 is 0 Å². The zero-order valence-electron chi connectivity index (χ0n) is 13.1. The molecule has 118 valence electrons. The SMILES string of the molecule is C=CCC(C(=O)OC)C(C)=NC(C(=O)OC)c1ccccc1. The number of hydrogen-bond donors (Lipinski definition) is 0. The Morgan fingerprint density at radius 3 is 2.27 bits per heavy atom. The van der Waals surface area contributed by atoms with Gasteiger partial charge in [-0.1, -0.05) is 36.4 Å². The molecular formula is C17H21NO4. The van der Waals surface area contributed by atoms with Crippen LogP contribution >= 0.6 is 0 Å². The van der Waals surface area contributed by atoms with E-state index in [2.05, 4.69) is 11.6 Å². The molecule has 0 saturated heterocycles. The maximum atomic E-state index is 12.0. The van der Waals surface area contributed by atoms with E-state index in [1.165, 1.54) is 14.2 Å². The molecule has 0 aromatic heterocycles. The molecule has 0 aliphatic carbocycles. The van der Waals surface area contributed by atoms with Crippen LogP contribution in [0, 0.1) is 5.92 Å². The highest BCUT2D eigenvalue weighted by Gasteiger charge is 2.25. The van der Waals surface area contributed by atoms with E-state index in [0.29, 0.717) is 17.7 Å². The summed E-state index contributed by atoms with van der Waals surface area (Å²) in [7, 11) is 2.63. The number of aliphatic imine (C=N–C) groups is 1. The Morgan fingerprint density at radius 1 is 1.18 bits per heavy atom.